The Hall–Kier alpha value is -2.51. The third-order valence-electron chi connectivity index (χ3n) is 4.55. The van der Waals surface area contributed by atoms with Crippen LogP contribution in [0.3, 0.4) is 0 Å². The lowest BCUT2D eigenvalue weighted by Gasteiger charge is -2.09. The summed E-state index contributed by atoms with van der Waals surface area (Å²) in [6, 6.07) is 12.1. The van der Waals surface area contributed by atoms with Gasteiger partial charge in [0.25, 0.3) is 5.91 Å². The van der Waals surface area contributed by atoms with Crippen LogP contribution in [-0.2, 0) is 19.1 Å². The number of rotatable bonds is 6. The van der Waals surface area contributed by atoms with Crippen molar-refractivity contribution in [2.24, 2.45) is 0 Å². The molecule has 0 atom stereocenters. The number of halogens is 5. The van der Waals surface area contributed by atoms with E-state index in [-0.39, 0.29) is 17.3 Å². The maximum Gasteiger partial charge on any atom is 0.416 e. The van der Waals surface area contributed by atoms with Gasteiger partial charge in [-0.15, -0.1) is 0 Å². The molecule has 0 spiro atoms. The van der Waals surface area contributed by atoms with Crippen molar-refractivity contribution in [3.63, 3.8) is 0 Å². The highest BCUT2D eigenvalue weighted by Gasteiger charge is 2.29. The normalized spacial score (nSPS) is 11.5. The molecule has 0 saturated heterocycles. The predicted octanol–water partition coefficient (Wildman–Crippen LogP) is 5.54. The first-order chi connectivity index (χ1) is 14.2. The van der Waals surface area contributed by atoms with Crippen LogP contribution in [0, 0.1) is 6.92 Å². The van der Waals surface area contributed by atoms with Crippen molar-refractivity contribution < 1.29 is 18.0 Å². The SMILES string of the molecule is Cc1nn(Cc2ccccc2Cl)c(Cl)c1C(=O)NCCc1ccc(C(F)(F)F)cc1. The highest BCUT2D eigenvalue weighted by atomic mass is 35.5. The summed E-state index contributed by atoms with van der Waals surface area (Å²) in [6.45, 7) is 2.24. The quantitative estimate of drug-likeness (QED) is 0.530. The summed E-state index contributed by atoms with van der Waals surface area (Å²) in [7, 11) is 0. The van der Waals surface area contributed by atoms with Crippen LogP contribution in [0.5, 0.6) is 0 Å². The molecule has 0 bridgehead atoms. The van der Waals surface area contributed by atoms with Crippen LogP contribution >= 0.6 is 23.2 Å². The van der Waals surface area contributed by atoms with Crippen LogP contribution in [0.4, 0.5) is 13.2 Å². The number of benzene rings is 2. The molecule has 158 valence electrons. The number of nitrogens with one attached hydrogen (secondary N) is 1. The summed E-state index contributed by atoms with van der Waals surface area (Å²) in [5.74, 6) is -0.394. The molecule has 0 aliphatic rings. The molecule has 0 aliphatic heterocycles. The van der Waals surface area contributed by atoms with E-state index in [1.165, 1.54) is 16.8 Å². The minimum Gasteiger partial charge on any atom is -0.352 e. The molecule has 1 amide bonds. The van der Waals surface area contributed by atoms with E-state index in [0.717, 1.165) is 17.7 Å². The molecule has 3 aromatic rings. The fraction of sp³-hybridized carbons (Fsp3) is 0.238. The van der Waals surface area contributed by atoms with E-state index in [9.17, 15) is 18.0 Å². The van der Waals surface area contributed by atoms with Crippen LogP contribution in [-0.4, -0.2) is 22.2 Å². The summed E-state index contributed by atoms with van der Waals surface area (Å²) < 4.78 is 39.4. The smallest absolute Gasteiger partial charge is 0.352 e. The molecular weight excluding hydrogens is 438 g/mol. The van der Waals surface area contributed by atoms with E-state index in [0.29, 0.717) is 29.2 Å². The van der Waals surface area contributed by atoms with Gasteiger partial charge in [0.15, 0.2) is 0 Å². The van der Waals surface area contributed by atoms with Gasteiger partial charge in [-0.1, -0.05) is 53.5 Å². The van der Waals surface area contributed by atoms with Gasteiger partial charge < -0.3 is 5.32 Å². The predicted molar refractivity (Wildman–Crippen MR) is 110 cm³/mol. The zero-order valence-corrected chi connectivity index (χ0v) is 17.4. The zero-order chi connectivity index (χ0) is 21.9. The molecule has 0 fully saturated rings. The summed E-state index contributed by atoms with van der Waals surface area (Å²) in [5, 5.41) is 7.83. The second kappa shape index (κ2) is 9.10. The highest BCUT2D eigenvalue weighted by molar-refractivity contribution is 6.33. The standard InChI is InChI=1S/C21H18Cl2F3N3O/c1-13-18(19(23)29(28-13)12-15-4-2-3-5-17(15)22)20(30)27-11-10-14-6-8-16(9-7-14)21(24,25)26/h2-9H,10-12H2,1H3,(H,27,30). The van der Waals surface area contributed by atoms with Gasteiger partial charge >= 0.3 is 6.18 Å². The van der Waals surface area contributed by atoms with Gasteiger partial charge in [0.1, 0.15) is 5.15 Å². The van der Waals surface area contributed by atoms with E-state index >= 15 is 0 Å². The van der Waals surface area contributed by atoms with Crippen molar-refractivity contribution in [2.75, 3.05) is 6.54 Å². The zero-order valence-electron chi connectivity index (χ0n) is 15.9. The van der Waals surface area contributed by atoms with Crippen LogP contribution in [0.2, 0.25) is 10.2 Å². The Bertz CT molecular complexity index is 1050. The Kier molecular flexibility index (Phi) is 6.73. The first kappa shape index (κ1) is 22.2. The molecule has 4 nitrogen and oxygen atoms in total. The maximum atomic E-state index is 12.6. The minimum absolute atomic E-state index is 0.194. The lowest BCUT2D eigenvalue weighted by atomic mass is 10.1. The molecule has 2 aromatic carbocycles. The van der Waals surface area contributed by atoms with Crippen molar-refractivity contribution in [2.45, 2.75) is 26.1 Å². The first-order valence-electron chi connectivity index (χ1n) is 9.07. The number of carbonyl (C=O) groups excluding carboxylic acids is 1. The number of nitrogens with zero attached hydrogens (tertiary/aromatic N) is 2. The van der Waals surface area contributed by atoms with Gasteiger partial charge in [-0.3, -0.25) is 4.79 Å². The summed E-state index contributed by atoms with van der Waals surface area (Å²) in [5.41, 5.74) is 1.53. The average Bonchev–Trinajstić information content (AvgIpc) is 2.96. The fourth-order valence-corrected chi connectivity index (χ4v) is 3.49. The number of carbonyl (C=O) groups is 1. The number of aromatic nitrogens is 2. The number of hydrogen-bond acceptors (Lipinski definition) is 2. The van der Waals surface area contributed by atoms with Crippen molar-refractivity contribution in [1.82, 2.24) is 15.1 Å². The molecule has 1 aromatic heterocycles. The van der Waals surface area contributed by atoms with Gasteiger partial charge in [0.05, 0.1) is 23.4 Å². The molecule has 3 rings (SSSR count). The maximum absolute atomic E-state index is 12.6. The Morgan fingerprint density at radius 1 is 1.10 bits per heavy atom. The Morgan fingerprint density at radius 3 is 2.40 bits per heavy atom. The first-order valence-corrected chi connectivity index (χ1v) is 9.83. The monoisotopic (exact) mass is 455 g/mol. The Morgan fingerprint density at radius 2 is 1.77 bits per heavy atom. The molecule has 0 saturated carbocycles. The Labute approximate surface area is 181 Å². The van der Waals surface area contributed by atoms with Gasteiger partial charge in [0, 0.05) is 11.6 Å². The molecule has 0 radical (unpaired) electrons. The number of aryl methyl sites for hydroxylation is 1. The van der Waals surface area contributed by atoms with E-state index in [4.69, 9.17) is 23.2 Å². The molecule has 0 unspecified atom stereocenters. The molecular formula is C21H18Cl2F3N3O. The molecule has 1 heterocycles. The highest BCUT2D eigenvalue weighted by Crippen LogP contribution is 2.29. The number of alkyl halides is 3. The molecule has 1 N–H and O–H groups in total. The van der Waals surface area contributed by atoms with Gasteiger partial charge in [-0.05, 0) is 42.7 Å². The van der Waals surface area contributed by atoms with Gasteiger partial charge in [0.2, 0.25) is 0 Å². The fourth-order valence-electron chi connectivity index (χ4n) is 2.97. The molecule has 0 aliphatic carbocycles. The molecule has 30 heavy (non-hydrogen) atoms. The number of amides is 1. The van der Waals surface area contributed by atoms with Gasteiger partial charge in [-0.25, -0.2) is 4.68 Å². The van der Waals surface area contributed by atoms with E-state index in [1.807, 2.05) is 18.2 Å². The van der Waals surface area contributed by atoms with Crippen molar-refractivity contribution in [3.8, 4) is 0 Å². The third kappa shape index (κ3) is 5.15. The van der Waals surface area contributed by atoms with E-state index in [1.54, 1.807) is 13.0 Å². The summed E-state index contributed by atoms with van der Waals surface area (Å²) in [6.07, 6.45) is -3.99. The lowest BCUT2D eigenvalue weighted by Crippen LogP contribution is -2.26. The van der Waals surface area contributed by atoms with E-state index < -0.39 is 17.6 Å². The van der Waals surface area contributed by atoms with Crippen molar-refractivity contribution in [3.05, 3.63) is 86.7 Å². The van der Waals surface area contributed by atoms with Gasteiger partial charge in [-0.2, -0.15) is 18.3 Å². The van der Waals surface area contributed by atoms with E-state index in [2.05, 4.69) is 10.4 Å². The average molecular weight is 456 g/mol. The van der Waals surface area contributed by atoms with Crippen molar-refractivity contribution in [1.29, 1.82) is 0 Å². The second-order valence-electron chi connectivity index (χ2n) is 6.70. The van der Waals surface area contributed by atoms with Crippen LogP contribution in [0.15, 0.2) is 48.5 Å². The number of hydrogen-bond donors (Lipinski definition) is 1. The minimum atomic E-state index is -4.37. The summed E-state index contributed by atoms with van der Waals surface area (Å²) in [4.78, 5) is 12.6. The van der Waals surface area contributed by atoms with Crippen LogP contribution < -0.4 is 5.32 Å². The topological polar surface area (TPSA) is 46.9 Å². The van der Waals surface area contributed by atoms with Crippen molar-refractivity contribution >= 4 is 29.1 Å². The Balaban J connectivity index is 1.63. The van der Waals surface area contributed by atoms with Crippen LogP contribution in [0.25, 0.3) is 0 Å². The third-order valence-corrected chi connectivity index (χ3v) is 5.30. The second-order valence-corrected chi connectivity index (χ2v) is 7.47. The largest absolute Gasteiger partial charge is 0.416 e. The molecule has 9 heteroatoms. The summed E-state index contributed by atoms with van der Waals surface area (Å²) >= 11 is 12.5. The lowest BCUT2D eigenvalue weighted by molar-refractivity contribution is -0.137. The van der Waals surface area contributed by atoms with Crippen LogP contribution in [0.1, 0.15) is 32.7 Å².